The molecule has 6 heteroatoms. The molecular weight excluding hydrogens is 206 g/mol. The topological polar surface area (TPSA) is 85.0 Å². The van der Waals surface area contributed by atoms with Gasteiger partial charge in [0, 0.05) is 13.6 Å². The molecule has 90 valence electrons. The molecule has 16 heavy (non-hydrogen) atoms. The standard InChI is InChI=1S/C8H12N4O.C2H7N/c1-3-4-10-8-6(5-13)7(9)11-12(8)2;1-3-2/h3,5,10H,1,4H2,2H3,(H2,9,11);3H,1-2H3. The number of aryl methyl sites for hydroxylation is 1. The van der Waals surface area contributed by atoms with Crippen LogP contribution in [0.5, 0.6) is 0 Å². The van der Waals surface area contributed by atoms with E-state index in [2.05, 4.69) is 22.3 Å². The molecule has 0 aliphatic heterocycles. The fourth-order valence-corrected chi connectivity index (χ4v) is 1.06. The van der Waals surface area contributed by atoms with Crippen molar-refractivity contribution < 1.29 is 4.79 Å². The molecule has 0 radical (unpaired) electrons. The highest BCUT2D eigenvalue weighted by Gasteiger charge is 2.11. The number of nitrogens with one attached hydrogen (secondary N) is 2. The Kier molecular flexibility index (Phi) is 6.62. The van der Waals surface area contributed by atoms with Crippen molar-refractivity contribution in [2.45, 2.75) is 0 Å². The van der Waals surface area contributed by atoms with E-state index in [1.54, 1.807) is 13.1 Å². The minimum Gasteiger partial charge on any atom is -0.382 e. The molecule has 0 aromatic carbocycles. The Bertz CT molecular complexity index is 345. The number of aromatic nitrogens is 2. The molecule has 0 atom stereocenters. The lowest BCUT2D eigenvalue weighted by Crippen LogP contribution is -2.05. The first-order chi connectivity index (χ1) is 7.62. The number of carbonyl (C=O) groups is 1. The third-order valence-electron chi connectivity index (χ3n) is 1.64. The Morgan fingerprint density at radius 2 is 2.12 bits per heavy atom. The molecule has 4 N–H and O–H groups in total. The van der Waals surface area contributed by atoms with E-state index in [0.29, 0.717) is 24.2 Å². The average molecular weight is 225 g/mol. The van der Waals surface area contributed by atoms with Crippen molar-refractivity contribution in [2.24, 2.45) is 7.05 Å². The average Bonchev–Trinajstić information content (AvgIpc) is 2.51. The van der Waals surface area contributed by atoms with Crippen molar-refractivity contribution in [1.29, 1.82) is 0 Å². The summed E-state index contributed by atoms with van der Waals surface area (Å²) in [5, 5.41) is 9.63. The molecule has 0 aliphatic carbocycles. The molecule has 0 fully saturated rings. The largest absolute Gasteiger partial charge is 0.382 e. The molecule has 0 amide bonds. The predicted molar refractivity (Wildman–Crippen MR) is 66.7 cm³/mol. The van der Waals surface area contributed by atoms with Crippen LogP contribution in [0.4, 0.5) is 11.6 Å². The summed E-state index contributed by atoms with van der Waals surface area (Å²) in [6.45, 7) is 4.13. The number of hydrogen-bond donors (Lipinski definition) is 3. The molecule has 0 bridgehead atoms. The van der Waals surface area contributed by atoms with Crippen molar-refractivity contribution >= 4 is 17.9 Å². The van der Waals surface area contributed by atoms with Gasteiger partial charge in [0.25, 0.3) is 0 Å². The lowest BCUT2D eigenvalue weighted by Gasteiger charge is -2.03. The molecule has 0 saturated heterocycles. The highest BCUT2D eigenvalue weighted by Crippen LogP contribution is 2.17. The monoisotopic (exact) mass is 225 g/mol. The SMILES string of the molecule is C=CCNc1c(C=O)c(N)nn1C.CNC. The van der Waals surface area contributed by atoms with Crippen LogP contribution < -0.4 is 16.4 Å². The lowest BCUT2D eigenvalue weighted by atomic mass is 10.3. The summed E-state index contributed by atoms with van der Waals surface area (Å²) in [4.78, 5) is 10.6. The Balaban J connectivity index is 0.000000673. The van der Waals surface area contributed by atoms with Gasteiger partial charge in [-0.2, -0.15) is 5.10 Å². The van der Waals surface area contributed by atoms with Gasteiger partial charge in [0.2, 0.25) is 0 Å². The maximum absolute atomic E-state index is 10.6. The van der Waals surface area contributed by atoms with Gasteiger partial charge in [-0.05, 0) is 14.1 Å². The molecule has 0 saturated carbocycles. The second-order valence-electron chi connectivity index (χ2n) is 3.06. The van der Waals surface area contributed by atoms with Crippen LogP contribution in [0.15, 0.2) is 12.7 Å². The van der Waals surface area contributed by atoms with E-state index in [1.807, 2.05) is 14.1 Å². The first kappa shape index (κ1) is 14.2. The predicted octanol–water partition coefficient (Wildman–Crippen LogP) is 0.248. The van der Waals surface area contributed by atoms with Crippen LogP contribution in [0.3, 0.4) is 0 Å². The van der Waals surface area contributed by atoms with Crippen LogP contribution in [-0.2, 0) is 7.05 Å². The molecule has 6 nitrogen and oxygen atoms in total. The normalized spacial score (nSPS) is 8.94. The van der Waals surface area contributed by atoms with Crippen LogP contribution in [0.2, 0.25) is 0 Å². The first-order valence-corrected chi connectivity index (χ1v) is 4.83. The summed E-state index contributed by atoms with van der Waals surface area (Å²) in [6, 6.07) is 0. The molecule has 1 heterocycles. The van der Waals surface area contributed by atoms with E-state index >= 15 is 0 Å². The summed E-state index contributed by atoms with van der Waals surface area (Å²) in [6.07, 6.45) is 2.38. The fourth-order valence-electron chi connectivity index (χ4n) is 1.06. The van der Waals surface area contributed by atoms with E-state index < -0.39 is 0 Å². The maximum atomic E-state index is 10.6. The van der Waals surface area contributed by atoms with Crippen molar-refractivity contribution in [1.82, 2.24) is 15.1 Å². The van der Waals surface area contributed by atoms with Gasteiger partial charge in [-0.1, -0.05) is 6.08 Å². The first-order valence-electron chi connectivity index (χ1n) is 4.83. The van der Waals surface area contributed by atoms with E-state index in [4.69, 9.17) is 5.73 Å². The minimum atomic E-state index is 0.240. The quantitative estimate of drug-likeness (QED) is 0.505. The third-order valence-corrected chi connectivity index (χ3v) is 1.64. The minimum absolute atomic E-state index is 0.240. The van der Waals surface area contributed by atoms with E-state index in [9.17, 15) is 4.79 Å². The summed E-state index contributed by atoms with van der Waals surface area (Å²) in [7, 11) is 5.47. The maximum Gasteiger partial charge on any atom is 0.158 e. The van der Waals surface area contributed by atoms with Crippen molar-refractivity contribution in [2.75, 3.05) is 31.7 Å². The highest BCUT2D eigenvalue weighted by molar-refractivity contribution is 5.89. The van der Waals surface area contributed by atoms with Crippen LogP contribution in [0, 0.1) is 0 Å². The zero-order valence-electron chi connectivity index (χ0n) is 9.95. The Morgan fingerprint density at radius 1 is 1.56 bits per heavy atom. The third kappa shape index (κ3) is 3.74. The zero-order chi connectivity index (χ0) is 12.6. The van der Waals surface area contributed by atoms with Gasteiger partial charge in [0.1, 0.15) is 11.4 Å². The number of carbonyl (C=O) groups excluding carboxylic acids is 1. The van der Waals surface area contributed by atoms with Crippen LogP contribution in [-0.4, -0.2) is 36.7 Å². The van der Waals surface area contributed by atoms with Gasteiger partial charge >= 0.3 is 0 Å². The number of nitrogens with two attached hydrogens (primary N) is 1. The van der Waals surface area contributed by atoms with E-state index in [0.717, 1.165) is 0 Å². The molecule has 0 aliphatic rings. The zero-order valence-corrected chi connectivity index (χ0v) is 9.95. The summed E-state index contributed by atoms with van der Waals surface area (Å²) >= 11 is 0. The van der Waals surface area contributed by atoms with Crippen LogP contribution >= 0.6 is 0 Å². The van der Waals surface area contributed by atoms with Gasteiger partial charge < -0.3 is 16.4 Å². The van der Waals surface area contributed by atoms with Gasteiger partial charge in [0.15, 0.2) is 12.1 Å². The molecular formula is C10H19N5O. The van der Waals surface area contributed by atoms with E-state index in [-0.39, 0.29) is 5.82 Å². The molecule has 1 rings (SSSR count). The lowest BCUT2D eigenvalue weighted by molar-refractivity contribution is 0.112. The van der Waals surface area contributed by atoms with Gasteiger partial charge in [-0.15, -0.1) is 6.58 Å². The number of rotatable bonds is 4. The fraction of sp³-hybridized carbons (Fsp3) is 0.400. The van der Waals surface area contributed by atoms with E-state index in [1.165, 1.54) is 4.68 Å². The van der Waals surface area contributed by atoms with Crippen molar-refractivity contribution in [3.63, 3.8) is 0 Å². The van der Waals surface area contributed by atoms with Crippen LogP contribution in [0.25, 0.3) is 0 Å². The summed E-state index contributed by atoms with van der Waals surface area (Å²) in [5.41, 5.74) is 5.89. The van der Waals surface area contributed by atoms with Crippen molar-refractivity contribution in [3.8, 4) is 0 Å². The molecule has 0 unspecified atom stereocenters. The molecule has 1 aromatic heterocycles. The number of anilines is 2. The number of nitrogens with zero attached hydrogens (tertiary/aromatic N) is 2. The number of hydrogen-bond acceptors (Lipinski definition) is 5. The van der Waals surface area contributed by atoms with Gasteiger partial charge in [-0.3, -0.25) is 9.48 Å². The molecule has 1 aromatic rings. The number of nitrogen functional groups attached to an aromatic ring is 1. The van der Waals surface area contributed by atoms with Gasteiger partial charge in [-0.25, -0.2) is 0 Å². The van der Waals surface area contributed by atoms with Crippen molar-refractivity contribution in [3.05, 3.63) is 18.2 Å². The molecule has 0 spiro atoms. The highest BCUT2D eigenvalue weighted by atomic mass is 16.1. The summed E-state index contributed by atoms with van der Waals surface area (Å²) in [5.74, 6) is 0.858. The Morgan fingerprint density at radius 3 is 2.56 bits per heavy atom. The smallest absolute Gasteiger partial charge is 0.158 e. The number of aldehydes is 1. The Hall–Kier alpha value is -1.82. The second kappa shape index (κ2) is 7.47. The van der Waals surface area contributed by atoms with Gasteiger partial charge in [0.05, 0.1) is 0 Å². The van der Waals surface area contributed by atoms with Crippen LogP contribution in [0.1, 0.15) is 10.4 Å². The Labute approximate surface area is 95.5 Å². The summed E-state index contributed by atoms with van der Waals surface area (Å²) < 4.78 is 1.53. The second-order valence-corrected chi connectivity index (χ2v) is 3.06.